The lowest BCUT2D eigenvalue weighted by molar-refractivity contribution is -0.121. The SMILES string of the molecule is Cc1nc(C)c(C(=O)Nc2ccc(F)c(-c3cn4cc(NC(=O)C5CCCCC5N)cnc4n3)c2)o1. The molecule has 0 radical (unpaired) electrons. The lowest BCUT2D eigenvalue weighted by Gasteiger charge is -2.27. The van der Waals surface area contributed by atoms with Crippen molar-refractivity contribution in [3.8, 4) is 11.3 Å². The molecule has 2 unspecified atom stereocenters. The molecular formula is C25H26FN7O3. The molecule has 10 nitrogen and oxygen atoms in total. The summed E-state index contributed by atoms with van der Waals surface area (Å²) in [6.45, 7) is 3.32. The van der Waals surface area contributed by atoms with Crippen molar-refractivity contribution < 1.29 is 18.4 Å². The van der Waals surface area contributed by atoms with E-state index in [1.807, 2.05) is 0 Å². The third kappa shape index (κ3) is 4.69. The Balaban J connectivity index is 1.37. The molecule has 1 saturated carbocycles. The zero-order valence-electron chi connectivity index (χ0n) is 19.9. The van der Waals surface area contributed by atoms with Gasteiger partial charge in [0.1, 0.15) is 5.82 Å². The molecule has 186 valence electrons. The summed E-state index contributed by atoms with van der Waals surface area (Å²) in [6, 6.07) is 4.04. The Kier molecular flexibility index (Phi) is 6.23. The molecule has 0 bridgehead atoms. The highest BCUT2D eigenvalue weighted by molar-refractivity contribution is 6.03. The number of carbonyl (C=O) groups excluding carboxylic acids is 2. The van der Waals surface area contributed by atoms with Gasteiger partial charge in [0.25, 0.3) is 5.91 Å². The number of fused-ring (bicyclic) bond motifs is 1. The van der Waals surface area contributed by atoms with Crippen LogP contribution in [0, 0.1) is 25.6 Å². The highest BCUT2D eigenvalue weighted by Crippen LogP contribution is 2.27. The smallest absolute Gasteiger partial charge is 0.293 e. The van der Waals surface area contributed by atoms with E-state index < -0.39 is 11.7 Å². The molecule has 0 spiro atoms. The monoisotopic (exact) mass is 491 g/mol. The topological polar surface area (TPSA) is 140 Å². The second-order valence-corrected chi connectivity index (χ2v) is 9.02. The number of oxazole rings is 1. The molecule has 2 amide bonds. The summed E-state index contributed by atoms with van der Waals surface area (Å²) in [5, 5.41) is 5.58. The van der Waals surface area contributed by atoms with Crippen LogP contribution in [0.4, 0.5) is 15.8 Å². The number of nitrogens with zero attached hydrogens (tertiary/aromatic N) is 4. The van der Waals surface area contributed by atoms with Crippen LogP contribution in [0.1, 0.15) is 47.8 Å². The van der Waals surface area contributed by atoms with Gasteiger partial charge >= 0.3 is 0 Å². The van der Waals surface area contributed by atoms with Crippen molar-refractivity contribution >= 4 is 29.0 Å². The molecule has 1 aromatic carbocycles. The van der Waals surface area contributed by atoms with Crippen LogP contribution >= 0.6 is 0 Å². The number of rotatable bonds is 5. The van der Waals surface area contributed by atoms with Gasteiger partial charge in [-0.1, -0.05) is 12.8 Å². The maximum atomic E-state index is 14.7. The van der Waals surface area contributed by atoms with E-state index in [0.29, 0.717) is 34.4 Å². The second kappa shape index (κ2) is 9.50. The first-order valence-electron chi connectivity index (χ1n) is 11.7. The number of nitrogens with two attached hydrogens (primary N) is 1. The number of hydrogen-bond acceptors (Lipinski definition) is 7. The summed E-state index contributed by atoms with van der Waals surface area (Å²) >= 11 is 0. The highest BCUT2D eigenvalue weighted by atomic mass is 19.1. The molecule has 1 aliphatic rings. The van der Waals surface area contributed by atoms with Crippen molar-refractivity contribution in [1.82, 2.24) is 19.4 Å². The molecule has 11 heteroatoms. The number of nitrogens with one attached hydrogen (secondary N) is 2. The molecule has 3 aromatic heterocycles. The van der Waals surface area contributed by atoms with Gasteiger partial charge in [-0.15, -0.1) is 0 Å². The average molecular weight is 492 g/mol. The third-order valence-corrected chi connectivity index (χ3v) is 6.34. The van der Waals surface area contributed by atoms with Gasteiger partial charge in [-0.05, 0) is 38.0 Å². The maximum Gasteiger partial charge on any atom is 0.293 e. The average Bonchev–Trinajstić information content (AvgIpc) is 3.42. The Morgan fingerprint density at radius 1 is 1.11 bits per heavy atom. The molecule has 2 atom stereocenters. The van der Waals surface area contributed by atoms with Crippen molar-refractivity contribution in [1.29, 1.82) is 0 Å². The van der Waals surface area contributed by atoms with Crippen LogP contribution in [-0.2, 0) is 4.79 Å². The molecule has 1 fully saturated rings. The molecule has 0 aliphatic heterocycles. The van der Waals surface area contributed by atoms with E-state index in [1.165, 1.54) is 24.4 Å². The van der Waals surface area contributed by atoms with Gasteiger partial charge in [0.15, 0.2) is 5.89 Å². The number of halogens is 1. The van der Waals surface area contributed by atoms with E-state index >= 15 is 0 Å². The number of imidazole rings is 1. The summed E-state index contributed by atoms with van der Waals surface area (Å²) < 4.78 is 21.7. The standard InChI is InChI=1S/C25H26FN7O3/c1-13-22(36-14(2)29-13)24(35)30-15-7-8-19(26)18(9-15)21-12-33-11-16(10-28-25(33)32-21)31-23(34)17-5-3-4-6-20(17)27/h7-12,17,20H,3-6,27H2,1-2H3,(H,30,35)(H,31,34). The summed E-state index contributed by atoms with van der Waals surface area (Å²) in [5.74, 6) is -0.548. The minimum Gasteiger partial charge on any atom is -0.436 e. The van der Waals surface area contributed by atoms with E-state index in [-0.39, 0.29) is 29.2 Å². The second-order valence-electron chi connectivity index (χ2n) is 9.02. The Morgan fingerprint density at radius 3 is 2.67 bits per heavy atom. The fraction of sp³-hybridized carbons (Fsp3) is 0.320. The molecule has 1 aliphatic carbocycles. The molecule has 36 heavy (non-hydrogen) atoms. The van der Waals surface area contributed by atoms with Gasteiger partial charge in [-0.2, -0.15) is 0 Å². The number of carbonyl (C=O) groups is 2. The zero-order valence-corrected chi connectivity index (χ0v) is 19.9. The van der Waals surface area contributed by atoms with E-state index in [4.69, 9.17) is 10.2 Å². The Morgan fingerprint density at radius 2 is 1.92 bits per heavy atom. The fourth-order valence-corrected chi connectivity index (χ4v) is 4.53. The van der Waals surface area contributed by atoms with Crippen LogP contribution in [0.3, 0.4) is 0 Å². The van der Waals surface area contributed by atoms with Gasteiger partial charge in [0.05, 0.1) is 29.2 Å². The van der Waals surface area contributed by atoms with Crippen LogP contribution in [0.2, 0.25) is 0 Å². The summed E-state index contributed by atoms with van der Waals surface area (Å²) in [7, 11) is 0. The van der Waals surface area contributed by atoms with Crippen molar-refractivity contribution in [3.63, 3.8) is 0 Å². The van der Waals surface area contributed by atoms with Gasteiger partial charge in [0.2, 0.25) is 17.4 Å². The van der Waals surface area contributed by atoms with Crippen LogP contribution in [0.15, 0.2) is 41.2 Å². The summed E-state index contributed by atoms with van der Waals surface area (Å²) in [6.07, 6.45) is 8.41. The van der Waals surface area contributed by atoms with Gasteiger partial charge in [0, 0.05) is 36.6 Å². The number of aromatic nitrogens is 4. The van der Waals surface area contributed by atoms with Crippen molar-refractivity contribution in [2.24, 2.45) is 11.7 Å². The van der Waals surface area contributed by atoms with Gasteiger partial charge in [-0.25, -0.2) is 19.3 Å². The molecular weight excluding hydrogens is 465 g/mol. The number of amides is 2. The molecule has 3 heterocycles. The van der Waals surface area contributed by atoms with Crippen LogP contribution in [-0.4, -0.2) is 37.2 Å². The fourth-order valence-electron chi connectivity index (χ4n) is 4.53. The summed E-state index contributed by atoms with van der Waals surface area (Å²) in [4.78, 5) is 38.1. The number of anilines is 2. The van der Waals surface area contributed by atoms with E-state index in [1.54, 1.807) is 30.6 Å². The highest BCUT2D eigenvalue weighted by Gasteiger charge is 2.28. The zero-order chi connectivity index (χ0) is 25.4. The molecule has 4 aromatic rings. The lowest BCUT2D eigenvalue weighted by Crippen LogP contribution is -2.40. The number of benzene rings is 1. The van der Waals surface area contributed by atoms with Crippen LogP contribution in [0.5, 0.6) is 0 Å². The van der Waals surface area contributed by atoms with Crippen molar-refractivity contribution in [2.75, 3.05) is 10.6 Å². The normalized spacial score (nSPS) is 17.8. The van der Waals surface area contributed by atoms with Gasteiger partial charge < -0.3 is 20.8 Å². The van der Waals surface area contributed by atoms with Crippen LogP contribution in [0.25, 0.3) is 17.0 Å². The molecule has 4 N–H and O–H groups in total. The Labute approximate surface area is 206 Å². The van der Waals surface area contributed by atoms with Crippen molar-refractivity contribution in [3.05, 3.63) is 60.0 Å². The minimum absolute atomic E-state index is 0.0964. The largest absolute Gasteiger partial charge is 0.436 e. The first-order valence-corrected chi connectivity index (χ1v) is 11.7. The predicted molar refractivity (Wildman–Crippen MR) is 131 cm³/mol. The lowest BCUT2D eigenvalue weighted by atomic mass is 9.84. The maximum absolute atomic E-state index is 14.7. The van der Waals surface area contributed by atoms with E-state index in [9.17, 15) is 14.0 Å². The number of hydrogen-bond donors (Lipinski definition) is 3. The van der Waals surface area contributed by atoms with Gasteiger partial charge in [-0.3, -0.25) is 14.0 Å². The molecule has 0 saturated heterocycles. The van der Waals surface area contributed by atoms with E-state index in [0.717, 1.165) is 25.7 Å². The van der Waals surface area contributed by atoms with Crippen LogP contribution < -0.4 is 16.4 Å². The Hall–Kier alpha value is -4.12. The number of aryl methyl sites for hydroxylation is 2. The Bertz CT molecular complexity index is 1460. The van der Waals surface area contributed by atoms with E-state index in [2.05, 4.69) is 25.6 Å². The molecule has 5 rings (SSSR count). The van der Waals surface area contributed by atoms with Crippen molar-refractivity contribution in [2.45, 2.75) is 45.6 Å². The first kappa shape index (κ1) is 23.6. The quantitative estimate of drug-likeness (QED) is 0.385. The summed E-state index contributed by atoms with van der Waals surface area (Å²) in [5.41, 5.74) is 7.96. The third-order valence-electron chi connectivity index (χ3n) is 6.34. The minimum atomic E-state index is -0.511. The predicted octanol–water partition coefficient (Wildman–Crippen LogP) is 3.85. The first-order chi connectivity index (χ1) is 17.3.